The highest BCUT2D eigenvalue weighted by molar-refractivity contribution is 5.96. The van der Waals surface area contributed by atoms with Crippen LogP contribution in [0.1, 0.15) is 78.7 Å². The van der Waals surface area contributed by atoms with Crippen molar-refractivity contribution in [1.82, 2.24) is 20.9 Å². The van der Waals surface area contributed by atoms with Gasteiger partial charge in [-0.05, 0) is 56.0 Å². The molecule has 11 nitrogen and oxygen atoms in total. The molecule has 0 radical (unpaired) electrons. The SMILES string of the molecule is CCC(=O)[C@@H](CCCN)NC(=O)[C@@H](NC(=O)[C@@H]1CCCN1C(=O)[C@@H](Cc1ccccc1)NC(=O)[C@@H](N)CC(C)C)C(C)C. The van der Waals surface area contributed by atoms with Gasteiger partial charge in [-0.2, -0.15) is 0 Å². The predicted octanol–water partition coefficient (Wildman–Crippen LogP) is 1.42. The summed E-state index contributed by atoms with van der Waals surface area (Å²) in [5.41, 5.74) is 12.6. The predicted molar refractivity (Wildman–Crippen MR) is 167 cm³/mol. The van der Waals surface area contributed by atoms with Crippen LogP contribution < -0.4 is 27.4 Å². The lowest BCUT2D eigenvalue weighted by Crippen LogP contribution is -2.59. The van der Waals surface area contributed by atoms with Gasteiger partial charge in [-0.1, -0.05) is 65.0 Å². The minimum atomic E-state index is -0.908. The van der Waals surface area contributed by atoms with E-state index < -0.39 is 47.9 Å². The van der Waals surface area contributed by atoms with Crippen molar-refractivity contribution in [3.05, 3.63) is 35.9 Å². The van der Waals surface area contributed by atoms with Gasteiger partial charge < -0.3 is 32.3 Å². The van der Waals surface area contributed by atoms with Crippen LogP contribution in [0.5, 0.6) is 0 Å². The second-order valence-corrected chi connectivity index (χ2v) is 12.2. The molecule has 5 atom stereocenters. The minimum Gasteiger partial charge on any atom is -0.345 e. The number of carbonyl (C=O) groups excluding carboxylic acids is 5. The van der Waals surface area contributed by atoms with Crippen molar-refractivity contribution in [3.8, 4) is 0 Å². The summed E-state index contributed by atoms with van der Waals surface area (Å²) in [7, 11) is 0. The van der Waals surface area contributed by atoms with Crippen LogP contribution in [0.3, 0.4) is 0 Å². The second kappa shape index (κ2) is 17.7. The Kier molecular flexibility index (Phi) is 14.8. The van der Waals surface area contributed by atoms with Gasteiger partial charge in [0.25, 0.3) is 0 Å². The van der Waals surface area contributed by atoms with Gasteiger partial charge in [-0.25, -0.2) is 0 Å². The first-order chi connectivity index (χ1) is 20.4. The number of hydrogen-bond donors (Lipinski definition) is 5. The molecule has 0 bridgehead atoms. The molecule has 1 saturated heterocycles. The van der Waals surface area contributed by atoms with Crippen molar-refractivity contribution >= 4 is 29.4 Å². The largest absolute Gasteiger partial charge is 0.345 e. The number of nitrogens with two attached hydrogens (primary N) is 2. The summed E-state index contributed by atoms with van der Waals surface area (Å²) in [6.45, 7) is 10.0. The zero-order valence-electron chi connectivity index (χ0n) is 26.4. The Morgan fingerprint density at radius 2 is 1.60 bits per heavy atom. The number of hydrogen-bond acceptors (Lipinski definition) is 7. The average molecular weight is 601 g/mol. The molecule has 11 heteroatoms. The van der Waals surface area contributed by atoms with E-state index in [2.05, 4.69) is 16.0 Å². The Labute approximate surface area is 256 Å². The Morgan fingerprint density at radius 1 is 0.953 bits per heavy atom. The quantitative estimate of drug-likeness (QED) is 0.180. The molecule has 0 spiro atoms. The molecule has 0 aliphatic carbocycles. The number of nitrogens with one attached hydrogen (secondary N) is 3. The Hall–Kier alpha value is -3.31. The minimum absolute atomic E-state index is 0.0946. The van der Waals surface area contributed by atoms with Gasteiger partial charge >= 0.3 is 0 Å². The zero-order chi connectivity index (χ0) is 32.1. The Balaban J connectivity index is 2.21. The summed E-state index contributed by atoms with van der Waals surface area (Å²) in [6.07, 6.45) is 3.03. The molecular formula is C32H52N6O5. The number of ketones is 1. The van der Waals surface area contributed by atoms with E-state index in [1.807, 2.05) is 58.0 Å². The molecule has 1 aliphatic heterocycles. The first-order valence-electron chi connectivity index (χ1n) is 15.6. The maximum Gasteiger partial charge on any atom is 0.246 e. The maximum absolute atomic E-state index is 13.9. The third-order valence-electron chi connectivity index (χ3n) is 7.80. The fraction of sp³-hybridized carbons (Fsp3) is 0.656. The van der Waals surface area contributed by atoms with Gasteiger partial charge in [-0.15, -0.1) is 0 Å². The van der Waals surface area contributed by atoms with Crippen LogP contribution in [0, 0.1) is 11.8 Å². The molecule has 1 aromatic rings. The second-order valence-electron chi connectivity index (χ2n) is 12.2. The lowest BCUT2D eigenvalue weighted by Gasteiger charge is -2.31. The van der Waals surface area contributed by atoms with E-state index in [4.69, 9.17) is 11.5 Å². The van der Waals surface area contributed by atoms with E-state index in [1.165, 1.54) is 4.90 Å². The van der Waals surface area contributed by atoms with Crippen molar-refractivity contribution in [3.63, 3.8) is 0 Å². The molecule has 43 heavy (non-hydrogen) atoms. The summed E-state index contributed by atoms with van der Waals surface area (Å²) >= 11 is 0. The lowest BCUT2D eigenvalue weighted by molar-refractivity contribution is -0.142. The van der Waals surface area contributed by atoms with Crippen LogP contribution in [0.25, 0.3) is 0 Å². The smallest absolute Gasteiger partial charge is 0.246 e. The van der Waals surface area contributed by atoms with Gasteiger partial charge in [0.2, 0.25) is 23.6 Å². The van der Waals surface area contributed by atoms with Crippen LogP contribution in [0.4, 0.5) is 0 Å². The topological polar surface area (TPSA) is 177 Å². The molecule has 2 rings (SSSR count). The number of nitrogens with zero attached hydrogens (tertiary/aromatic N) is 1. The highest BCUT2D eigenvalue weighted by Gasteiger charge is 2.40. The number of amides is 4. The van der Waals surface area contributed by atoms with E-state index in [9.17, 15) is 24.0 Å². The molecular weight excluding hydrogens is 548 g/mol. The molecule has 7 N–H and O–H groups in total. The van der Waals surface area contributed by atoms with Crippen molar-refractivity contribution in [2.24, 2.45) is 23.3 Å². The number of benzene rings is 1. The van der Waals surface area contributed by atoms with Crippen molar-refractivity contribution < 1.29 is 24.0 Å². The van der Waals surface area contributed by atoms with Gasteiger partial charge in [-0.3, -0.25) is 24.0 Å². The summed E-state index contributed by atoms with van der Waals surface area (Å²) in [5.74, 6) is -1.83. The van der Waals surface area contributed by atoms with Gasteiger partial charge in [0, 0.05) is 19.4 Å². The van der Waals surface area contributed by atoms with Gasteiger partial charge in [0.05, 0.1) is 12.1 Å². The van der Waals surface area contributed by atoms with Crippen molar-refractivity contribution in [1.29, 1.82) is 0 Å². The summed E-state index contributed by atoms with van der Waals surface area (Å²) in [5, 5.41) is 8.50. The third kappa shape index (κ3) is 11.0. The number of rotatable bonds is 17. The first-order valence-corrected chi connectivity index (χ1v) is 15.6. The van der Waals surface area contributed by atoms with Crippen LogP contribution in [-0.2, 0) is 30.4 Å². The Bertz CT molecular complexity index is 1080. The average Bonchev–Trinajstić information content (AvgIpc) is 3.46. The number of carbonyl (C=O) groups is 5. The van der Waals surface area contributed by atoms with Gasteiger partial charge in [0.1, 0.15) is 18.1 Å². The molecule has 0 aromatic heterocycles. The van der Waals surface area contributed by atoms with E-state index in [0.717, 1.165) is 5.56 Å². The summed E-state index contributed by atoms with van der Waals surface area (Å²) < 4.78 is 0. The monoisotopic (exact) mass is 600 g/mol. The first kappa shape index (κ1) is 35.9. The number of likely N-dealkylation sites (tertiary alicyclic amines) is 1. The van der Waals surface area contributed by atoms with E-state index in [1.54, 1.807) is 6.92 Å². The molecule has 0 unspecified atom stereocenters. The van der Waals surface area contributed by atoms with Crippen LogP contribution in [0.15, 0.2) is 30.3 Å². The fourth-order valence-electron chi connectivity index (χ4n) is 5.37. The zero-order valence-corrected chi connectivity index (χ0v) is 26.4. The molecule has 1 aromatic carbocycles. The third-order valence-corrected chi connectivity index (χ3v) is 7.80. The fourth-order valence-corrected chi connectivity index (χ4v) is 5.37. The summed E-state index contributed by atoms with van der Waals surface area (Å²) in [6, 6.07) is 5.31. The summed E-state index contributed by atoms with van der Waals surface area (Å²) in [4.78, 5) is 67.7. The van der Waals surface area contributed by atoms with Crippen LogP contribution in [-0.4, -0.2) is 77.6 Å². The Morgan fingerprint density at radius 3 is 2.19 bits per heavy atom. The van der Waals surface area contributed by atoms with Crippen LogP contribution >= 0.6 is 0 Å². The molecule has 1 heterocycles. The normalized spacial score (nSPS) is 17.7. The highest BCUT2D eigenvalue weighted by Crippen LogP contribution is 2.21. The maximum atomic E-state index is 13.9. The van der Waals surface area contributed by atoms with Gasteiger partial charge in [0.15, 0.2) is 5.78 Å². The van der Waals surface area contributed by atoms with E-state index in [-0.39, 0.29) is 36.4 Å². The molecule has 1 aliphatic rings. The van der Waals surface area contributed by atoms with Crippen LogP contribution in [0.2, 0.25) is 0 Å². The molecule has 4 amide bonds. The molecule has 240 valence electrons. The molecule has 1 fully saturated rings. The van der Waals surface area contributed by atoms with E-state index in [0.29, 0.717) is 45.2 Å². The van der Waals surface area contributed by atoms with E-state index >= 15 is 0 Å². The van der Waals surface area contributed by atoms with Crippen molar-refractivity contribution in [2.45, 2.75) is 110 Å². The molecule has 0 saturated carbocycles. The lowest BCUT2D eigenvalue weighted by atomic mass is 9.99. The standard InChI is InChI=1S/C32H52N6O5/c1-6-27(39)24(14-10-16-33)35-31(42)28(21(4)5)37-30(41)26-15-11-17-38(26)32(43)25(19-22-12-8-7-9-13-22)36-29(40)23(34)18-20(2)3/h7-9,12-13,20-21,23-26,28H,6,10-11,14-19,33-34H2,1-5H3,(H,35,42)(H,36,40)(H,37,41)/t23-,24+,25+,26-,28-/m0/s1. The van der Waals surface area contributed by atoms with Crippen molar-refractivity contribution in [2.75, 3.05) is 13.1 Å². The number of Topliss-reactive ketones (excluding diaryl/α,β-unsaturated/α-hetero) is 1. The highest BCUT2D eigenvalue weighted by atomic mass is 16.2.